The van der Waals surface area contributed by atoms with Crippen molar-refractivity contribution in [1.82, 2.24) is 0 Å². The molecule has 9 heteroatoms. The summed E-state index contributed by atoms with van der Waals surface area (Å²) in [5.41, 5.74) is 1.18. The predicted molar refractivity (Wildman–Crippen MR) is 100 cm³/mol. The van der Waals surface area contributed by atoms with E-state index in [1.807, 2.05) is 0 Å². The van der Waals surface area contributed by atoms with Gasteiger partial charge in [-0.05, 0) is 36.4 Å². The number of amides is 1. The molecule has 1 aromatic heterocycles. The van der Waals surface area contributed by atoms with Crippen molar-refractivity contribution in [3.8, 4) is 0 Å². The van der Waals surface area contributed by atoms with Crippen LogP contribution in [0.2, 0.25) is 0 Å². The van der Waals surface area contributed by atoms with Crippen LogP contribution in [0.3, 0.4) is 0 Å². The first-order valence-corrected chi connectivity index (χ1v) is 8.94. The van der Waals surface area contributed by atoms with Gasteiger partial charge in [0.05, 0.1) is 16.2 Å². The van der Waals surface area contributed by atoms with Crippen LogP contribution in [0.5, 0.6) is 0 Å². The zero-order chi connectivity index (χ0) is 20.0. The number of nitrogens with one attached hydrogen (secondary N) is 1. The summed E-state index contributed by atoms with van der Waals surface area (Å²) in [6.45, 7) is 2.83. The van der Waals surface area contributed by atoms with Crippen LogP contribution in [0.1, 0.15) is 33.6 Å². The number of rotatable bonds is 8. The van der Waals surface area contributed by atoms with Crippen molar-refractivity contribution in [3.63, 3.8) is 0 Å². The number of hydrogen-bond acceptors (Lipinski definition) is 7. The first kappa shape index (κ1) is 20.2. The monoisotopic (exact) mass is 390 g/mol. The standard InChI is InChI=1S/C18H18N2O6S/c1-11-5-6-13(20(24)25)18(12(11)2)19-16(22)10-26-17(23)8-7-14(21)15-4-3-9-27-15/h3-6,9H,7-8,10H2,1-2H3,(H,19,22). The number of aryl methyl sites for hydroxylation is 1. The van der Waals surface area contributed by atoms with E-state index in [2.05, 4.69) is 5.32 Å². The third-order valence-corrected chi connectivity index (χ3v) is 4.80. The van der Waals surface area contributed by atoms with E-state index in [0.29, 0.717) is 10.4 Å². The number of thiophene rings is 1. The summed E-state index contributed by atoms with van der Waals surface area (Å²) in [6, 6.07) is 6.31. The van der Waals surface area contributed by atoms with Gasteiger partial charge < -0.3 is 10.1 Å². The summed E-state index contributed by atoms with van der Waals surface area (Å²) < 4.78 is 4.84. The van der Waals surface area contributed by atoms with Crippen LogP contribution in [0.25, 0.3) is 0 Å². The third-order valence-electron chi connectivity index (χ3n) is 3.89. The lowest BCUT2D eigenvalue weighted by Gasteiger charge is -2.11. The Kier molecular flexibility index (Phi) is 6.78. The van der Waals surface area contributed by atoms with Gasteiger partial charge in [-0.2, -0.15) is 0 Å². The SMILES string of the molecule is Cc1ccc([N+](=O)[O-])c(NC(=O)COC(=O)CCC(=O)c2cccs2)c1C. The number of benzene rings is 1. The molecule has 1 heterocycles. The van der Waals surface area contributed by atoms with Crippen LogP contribution in [0.15, 0.2) is 29.6 Å². The van der Waals surface area contributed by atoms with Crippen LogP contribution in [0.4, 0.5) is 11.4 Å². The normalized spacial score (nSPS) is 10.3. The number of anilines is 1. The zero-order valence-corrected chi connectivity index (χ0v) is 15.6. The average Bonchev–Trinajstić information content (AvgIpc) is 3.16. The van der Waals surface area contributed by atoms with Crippen LogP contribution in [-0.4, -0.2) is 29.2 Å². The van der Waals surface area contributed by atoms with Crippen molar-refractivity contribution in [2.75, 3.05) is 11.9 Å². The number of carbonyl (C=O) groups excluding carboxylic acids is 3. The molecule has 2 aromatic rings. The molecule has 1 amide bonds. The highest BCUT2D eigenvalue weighted by Gasteiger charge is 2.20. The maximum atomic E-state index is 12.0. The quantitative estimate of drug-likeness (QED) is 0.320. The van der Waals surface area contributed by atoms with E-state index in [1.165, 1.54) is 17.4 Å². The fourth-order valence-electron chi connectivity index (χ4n) is 2.28. The maximum Gasteiger partial charge on any atom is 0.306 e. The van der Waals surface area contributed by atoms with E-state index >= 15 is 0 Å². The molecule has 142 valence electrons. The number of Topliss-reactive ketones (excluding diaryl/α,β-unsaturated/α-hetero) is 1. The molecule has 27 heavy (non-hydrogen) atoms. The molecular weight excluding hydrogens is 372 g/mol. The van der Waals surface area contributed by atoms with Gasteiger partial charge in [0.25, 0.3) is 11.6 Å². The van der Waals surface area contributed by atoms with Crippen LogP contribution in [-0.2, 0) is 14.3 Å². The maximum absolute atomic E-state index is 12.0. The molecule has 1 aromatic carbocycles. The molecule has 0 saturated carbocycles. The second kappa shape index (κ2) is 9.04. The Morgan fingerprint density at radius 3 is 2.56 bits per heavy atom. The zero-order valence-electron chi connectivity index (χ0n) is 14.8. The third kappa shape index (κ3) is 5.45. The lowest BCUT2D eigenvalue weighted by molar-refractivity contribution is -0.384. The number of esters is 1. The Morgan fingerprint density at radius 1 is 1.19 bits per heavy atom. The molecule has 0 aliphatic rings. The smallest absolute Gasteiger partial charge is 0.306 e. The Balaban J connectivity index is 1.87. The first-order valence-electron chi connectivity index (χ1n) is 8.06. The Bertz CT molecular complexity index is 876. The molecule has 8 nitrogen and oxygen atoms in total. The average molecular weight is 390 g/mol. The van der Waals surface area contributed by atoms with Gasteiger partial charge in [0.15, 0.2) is 12.4 Å². The number of ketones is 1. The van der Waals surface area contributed by atoms with Gasteiger partial charge in [0.2, 0.25) is 0 Å². The highest BCUT2D eigenvalue weighted by Crippen LogP contribution is 2.30. The largest absolute Gasteiger partial charge is 0.456 e. The van der Waals surface area contributed by atoms with Crippen molar-refractivity contribution in [2.24, 2.45) is 0 Å². The fraction of sp³-hybridized carbons (Fsp3) is 0.278. The molecule has 1 N–H and O–H groups in total. The van der Waals surface area contributed by atoms with Gasteiger partial charge in [0.1, 0.15) is 5.69 Å². The van der Waals surface area contributed by atoms with E-state index in [0.717, 1.165) is 5.56 Å². The van der Waals surface area contributed by atoms with E-state index < -0.39 is 23.4 Å². The van der Waals surface area contributed by atoms with Crippen LogP contribution in [0, 0.1) is 24.0 Å². The molecule has 0 unspecified atom stereocenters. The summed E-state index contributed by atoms with van der Waals surface area (Å²) in [5, 5.41) is 15.3. The van der Waals surface area contributed by atoms with E-state index in [1.54, 1.807) is 37.4 Å². The van der Waals surface area contributed by atoms with Crippen molar-refractivity contribution in [1.29, 1.82) is 0 Å². The number of nitro benzene ring substituents is 1. The molecular formula is C18H18N2O6S. The number of ether oxygens (including phenoxy) is 1. The lowest BCUT2D eigenvalue weighted by atomic mass is 10.1. The van der Waals surface area contributed by atoms with E-state index in [4.69, 9.17) is 4.74 Å². The van der Waals surface area contributed by atoms with E-state index in [-0.39, 0.29) is 30.0 Å². The highest BCUT2D eigenvalue weighted by molar-refractivity contribution is 7.12. The van der Waals surface area contributed by atoms with Gasteiger partial charge in [-0.3, -0.25) is 24.5 Å². The fourth-order valence-corrected chi connectivity index (χ4v) is 2.98. The molecule has 0 radical (unpaired) electrons. The highest BCUT2D eigenvalue weighted by atomic mass is 32.1. The molecule has 0 aliphatic carbocycles. The molecule has 2 rings (SSSR count). The Labute approximate surface area is 159 Å². The number of carbonyl (C=O) groups is 3. The molecule has 0 atom stereocenters. The Morgan fingerprint density at radius 2 is 1.93 bits per heavy atom. The first-order chi connectivity index (χ1) is 12.8. The lowest BCUT2D eigenvalue weighted by Crippen LogP contribution is -2.22. The van der Waals surface area contributed by atoms with Gasteiger partial charge >= 0.3 is 5.97 Å². The topological polar surface area (TPSA) is 116 Å². The van der Waals surface area contributed by atoms with Crippen molar-refractivity contribution >= 4 is 40.4 Å². The van der Waals surface area contributed by atoms with Crippen LogP contribution < -0.4 is 5.32 Å². The number of hydrogen-bond donors (Lipinski definition) is 1. The summed E-state index contributed by atoms with van der Waals surface area (Å²) in [4.78, 5) is 46.6. The van der Waals surface area contributed by atoms with Gasteiger partial charge in [-0.25, -0.2) is 0 Å². The van der Waals surface area contributed by atoms with Gasteiger partial charge in [0, 0.05) is 12.5 Å². The predicted octanol–water partition coefficient (Wildman–Crippen LogP) is 3.42. The molecule has 0 saturated heterocycles. The number of nitro groups is 1. The molecule has 0 fully saturated rings. The summed E-state index contributed by atoms with van der Waals surface area (Å²) >= 11 is 1.29. The summed E-state index contributed by atoms with van der Waals surface area (Å²) in [7, 11) is 0. The van der Waals surface area contributed by atoms with Gasteiger partial charge in [-0.1, -0.05) is 12.1 Å². The number of nitrogens with zero attached hydrogens (tertiary/aromatic N) is 1. The van der Waals surface area contributed by atoms with E-state index in [9.17, 15) is 24.5 Å². The van der Waals surface area contributed by atoms with Gasteiger partial charge in [-0.15, -0.1) is 11.3 Å². The van der Waals surface area contributed by atoms with Crippen molar-refractivity contribution < 1.29 is 24.0 Å². The molecule has 0 bridgehead atoms. The van der Waals surface area contributed by atoms with Crippen molar-refractivity contribution in [3.05, 3.63) is 55.8 Å². The van der Waals surface area contributed by atoms with Crippen molar-refractivity contribution in [2.45, 2.75) is 26.7 Å². The Hall–Kier alpha value is -3.07. The summed E-state index contributed by atoms with van der Waals surface area (Å²) in [6.07, 6.45) is -0.156. The minimum atomic E-state index is -0.690. The minimum Gasteiger partial charge on any atom is -0.456 e. The minimum absolute atomic E-state index is 0.0105. The van der Waals surface area contributed by atoms with Crippen LogP contribution >= 0.6 is 11.3 Å². The second-order valence-electron chi connectivity index (χ2n) is 5.77. The second-order valence-corrected chi connectivity index (χ2v) is 6.72. The molecule has 0 aliphatic heterocycles. The summed E-state index contributed by atoms with van der Waals surface area (Å²) in [5.74, 6) is -1.55. The molecule has 0 spiro atoms.